The van der Waals surface area contributed by atoms with E-state index in [1.165, 1.54) is 28.9 Å². The molecule has 2 heterocycles. The van der Waals surface area contributed by atoms with Crippen molar-refractivity contribution in [2.24, 2.45) is 5.10 Å². The molecule has 0 saturated carbocycles. The van der Waals surface area contributed by atoms with Crippen LogP contribution in [0.5, 0.6) is 0 Å². The summed E-state index contributed by atoms with van der Waals surface area (Å²) >= 11 is 3.44. The lowest BCUT2D eigenvalue weighted by atomic mass is 10.1. The summed E-state index contributed by atoms with van der Waals surface area (Å²) in [6.45, 7) is 6.04. The van der Waals surface area contributed by atoms with Crippen molar-refractivity contribution in [3.63, 3.8) is 0 Å². The molecule has 2 aromatic heterocycles. The van der Waals surface area contributed by atoms with Gasteiger partial charge in [-0.25, -0.2) is 9.37 Å². The molecular weight excluding hydrogens is 561 g/mol. The van der Waals surface area contributed by atoms with Gasteiger partial charge in [-0.3, -0.25) is 9.59 Å². The van der Waals surface area contributed by atoms with Crippen molar-refractivity contribution in [2.45, 2.75) is 39.7 Å². The number of nitrogens with zero attached hydrogens (tertiary/aromatic N) is 4. The van der Waals surface area contributed by atoms with Crippen molar-refractivity contribution in [2.75, 3.05) is 5.32 Å². The zero-order valence-corrected chi connectivity index (χ0v) is 23.4. The van der Waals surface area contributed by atoms with Crippen LogP contribution in [0.1, 0.15) is 43.3 Å². The van der Waals surface area contributed by atoms with Crippen LogP contribution in [0.25, 0.3) is 21.8 Å². The number of carbonyl (C=O) groups excluding carboxylic acids is 1. The zero-order valence-electron chi connectivity index (χ0n) is 21.8. The molecule has 0 radical (unpaired) electrons. The number of benzene rings is 3. The Balaban J connectivity index is 1.56. The Kier molecular flexibility index (Phi) is 7.43. The number of para-hydroxylation sites is 1. The molecule has 0 bridgehead atoms. The van der Waals surface area contributed by atoms with Gasteiger partial charge in [0.15, 0.2) is 0 Å². The average molecular weight is 588 g/mol. The fourth-order valence-electron chi connectivity index (χ4n) is 4.60. The molecule has 198 valence electrons. The van der Waals surface area contributed by atoms with Crippen LogP contribution in [0, 0.1) is 12.7 Å². The van der Waals surface area contributed by atoms with Crippen LogP contribution in [-0.2, 0) is 11.3 Å². The van der Waals surface area contributed by atoms with Crippen molar-refractivity contribution in [1.82, 2.24) is 14.2 Å². The minimum atomic E-state index is -0.367. The Labute approximate surface area is 233 Å². The number of anilines is 1. The Morgan fingerprint density at radius 2 is 1.87 bits per heavy atom. The summed E-state index contributed by atoms with van der Waals surface area (Å²) in [7, 11) is 0. The maximum Gasteiger partial charge on any atom is 0.282 e. The molecule has 0 aliphatic rings. The summed E-state index contributed by atoms with van der Waals surface area (Å²) in [6, 6.07) is 18.8. The van der Waals surface area contributed by atoms with E-state index in [2.05, 4.69) is 26.3 Å². The lowest BCUT2D eigenvalue weighted by Gasteiger charge is -2.14. The standard InChI is InChI=1S/C30H27BrFN5O2/c1-4-18(2)29-35-26-14-9-20(31)15-24(26)30(39)37(29)33-16-25-19(3)36(27-8-6-5-7-23(25)27)17-28(38)34-22-12-10-21(32)11-13-22/h5-16,18H,4,17H2,1-3H3,(H,34,38)/t18-/m1/s1. The molecule has 0 unspecified atom stereocenters. The first-order chi connectivity index (χ1) is 18.8. The highest BCUT2D eigenvalue weighted by Crippen LogP contribution is 2.26. The van der Waals surface area contributed by atoms with Gasteiger partial charge in [-0.1, -0.05) is 48.0 Å². The molecule has 9 heteroatoms. The highest BCUT2D eigenvalue weighted by atomic mass is 79.9. The predicted octanol–water partition coefficient (Wildman–Crippen LogP) is 6.60. The first-order valence-electron chi connectivity index (χ1n) is 12.7. The molecule has 5 rings (SSSR count). The van der Waals surface area contributed by atoms with Crippen molar-refractivity contribution in [3.05, 3.63) is 104 Å². The molecule has 0 spiro atoms. The van der Waals surface area contributed by atoms with Crippen LogP contribution in [0.2, 0.25) is 0 Å². The second-order valence-electron chi connectivity index (χ2n) is 9.46. The molecule has 1 atom stereocenters. The van der Waals surface area contributed by atoms with Gasteiger partial charge in [-0.2, -0.15) is 9.78 Å². The van der Waals surface area contributed by atoms with E-state index < -0.39 is 0 Å². The number of fused-ring (bicyclic) bond motifs is 2. The minimum Gasteiger partial charge on any atom is -0.335 e. The monoisotopic (exact) mass is 587 g/mol. The SMILES string of the molecule is CC[C@@H](C)c1nc2ccc(Br)cc2c(=O)n1N=Cc1c(C)n(CC(=O)Nc2ccc(F)cc2)c2ccccc12. The maximum absolute atomic E-state index is 13.5. The number of nitrogens with one attached hydrogen (secondary N) is 1. The van der Waals surface area contributed by atoms with E-state index in [9.17, 15) is 14.0 Å². The first-order valence-corrected chi connectivity index (χ1v) is 13.5. The van der Waals surface area contributed by atoms with E-state index in [0.717, 1.165) is 33.1 Å². The molecule has 1 amide bonds. The third-order valence-corrected chi connectivity index (χ3v) is 7.39. The number of rotatable bonds is 7. The van der Waals surface area contributed by atoms with Crippen molar-refractivity contribution >= 4 is 55.5 Å². The summed E-state index contributed by atoms with van der Waals surface area (Å²) in [5.41, 5.74) is 3.39. The van der Waals surface area contributed by atoms with Gasteiger partial charge in [0.25, 0.3) is 5.56 Å². The Morgan fingerprint density at radius 3 is 2.62 bits per heavy atom. The summed E-state index contributed by atoms with van der Waals surface area (Å²) in [5, 5.41) is 8.85. The highest BCUT2D eigenvalue weighted by Gasteiger charge is 2.18. The summed E-state index contributed by atoms with van der Waals surface area (Å²) in [6.07, 6.45) is 2.47. The Morgan fingerprint density at radius 1 is 1.13 bits per heavy atom. The number of aromatic nitrogens is 3. The normalized spacial score (nSPS) is 12.4. The largest absolute Gasteiger partial charge is 0.335 e. The van der Waals surface area contributed by atoms with Gasteiger partial charge in [-0.05, 0) is 61.9 Å². The average Bonchev–Trinajstić information content (AvgIpc) is 3.19. The fourth-order valence-corrected chi connectivity index (χ4v) is 4.96. The van der Waals surface area contributed by atoms with E-state index in [1.54, 1.807) is 12.3 Å². The van der Waals surface area contributed by atoms with E-state index in [1.807, 2.05) is 61.7 Å². The van der Waals surface area contributed by atoms with E-state index in [0.29, 0.717) is 22.4 Å². The Hall–Kier alpha value is -4.11. The fraction of sp³-hybridized carbons (Fsp3) is 0.200. The molecule has 5 aromatic rings. The minimum absolute atomic E-state index is 0.0143. The van der Waals surface area contributed by atoms with Gasteiger partial charge < -0.3 is 9.88 Å². The summed E-state index contributed by atoms with van der Waals surface area (Å²) in [4.78, 5) is 31.2. The van der Waals surface area contributed by atoms with Gasteiger partial charge in [0.05, 0.1) is 17.1 Å². The van der Waals surface area contributed by atoms with Crippen LogP contribution in [0.4, 0.5) is 10.1 Å². The summed E-state index contributed by atoms with van der Waals surface area (Å²) in [5.74, 6) is -0.00307. The molecule has 3 aromatic carbocycles. The third kappa shape index (κ3) is 5.27. The Bertz CT molecular complexity index is 1790. The van der Waals surface area contributed by atoms with Gasteiger partial charge in [0.2, 0.25) is 5.91 Å². The smallest absolute Gasteiger partial charge is 0.282 e. The number of amides is 1. The van der Waals surface area contributed by atoms with E-state index >= 15 is 0 Å². The lowest BCUT2D eigenvalue weighted by molar-refractivity contribution is -0.116. The van der Waals surface area contributed by atoms with E-state index in [-0.39, 0.29) is 29.7 Å². The van der Waals surface area contributed by atoms with Gasteiger partial charge in [0.1, 0.15) is 18.2 Å². The predicted molar refractivity (Wildman–Crippen MR) is 157 cm³/mol. The molecule has 39 heavy (non-hydrogen) atoms. The maximum atomic E-state index is 13.5. The van der Waals surface area contributed by atoms with Crippen molar-refractivity contribution in [1.29, 1.82) is 0 Å². The van der Waals surface area contributed by atoms with Gasteiger partial charge in [0, 0.05) is 38.2 Å². The molecule has 1 N–H and O–H groups in total. The van der Waals surface area contributed by atoms with Crippen LogP contribution in [-0.4, -0.2) is 26.3 Å². The second kappa shape index (κ2) is 10.9. The number of hydrogen-bond donors (Lipinski definition) is 1. The zero-order chi connectivity index (χ0) is 27.7. The van der Waals surface area contributed by atoms with Crippen LogP contribution in [0.15, 0.2) is 81.1 Å². The van der Waals surface area contributed by atoms with Crippen molar-refractivity contribution in [3.8, 4) is 0 Å². The number of carbonyl (C=O) groups is 1. The number of halogens is 2. The van der Waals surface area contributed by atoms with Crippen LogP contribution in [0.3, 0.4) is 0 Å². The lowest BCUT2D eigenvalue weighted by Crippen LogP contribution is -2.23. The molecule has 7 nitrogen and oxygen atoms in total. The van der Waals surface area contributed by atoms with Gasteiger partial charge in [-0.15, -0.1) is 0 Å². The first kappa shape index (κ1) is 26.5. The van der Waals surface area contributed by atoms with E-state index in [4.69, 9.17) is 4.98 Å². The third-order valence-electron chi connectivity index (χ3n) is 6.90. The molecule has 0 saturated heterocycles. The van der Waals surface area contributed by atoms with Crippen molar-refractivity contribution < 1.29 is 9.18 Å². The quantitative estimate of drug-likeness (QED) is 0.218. The molecule has 0 fully saturated rings. The van der Waals surface area contributed by atoms with Gasteiger partial charge >= 0.3 is 0 Å². The van der Waals surface area contributed by atoms with Crippen LogP contribution >= 0.6 is 15.9 Å². The molecule has 0 aliphatic carbocycles. The second-order valence-corrected chi connectivity index (χ2v) is 10.4. The topological polar surface area (TPSA) is 81.3 Å². The number of hydrogen-bond acceptors (Lipinski definition) is 4. The molecular formula is C30H27BrFN5O2. The summed E-state index contributed by atoms with van der Waals surface area (Å²) < 4.78 is 17.3. The molecule has 0 aliphatic heterocycles. The highest BCUT2D eigenvalue weighted by molar-refractivity contribution is 9.10. The van der Waals surface area contributed by atoms with Crippen LogP contribution < -0.4 is 10.9 Å².